The van der Waals surface area contributed by atoms with Gasteiger partial charge in [0.1, 0.15) is 11.8 Å². The molecule has 0 aliphatic rings. The molecule has 0 atom stereocenters. The SMILES string of the molecule is CCc1cc(C(=O)Nc2ccc(OCC(F)(F)F)c(C#N)c2)n[nH]1. The molecule has 0 bridgehead atoms. The van der Waals surface area contributed by atoms with Crippen LogP contribution in [0.15, 0.2) is 24.3 Å². The van der Waals surface area contributed by atoms with Crippen molar-refractivity contribution in [1.82, 2.24) is 10.2 Å². The average Bonchev–Trinajstić information content (AvgIpc) is 3.02. The van der Waals surface area contributed by atoms with Gasteiger partial charge in [-0.25, -0.2) is 0 Å². The van der Waals surface area contributed by atoms with Crippen molar-refractivity contribution in [2.75, 3.05) is 11.9 Å². The Morgan fingerprint density at radius 1 is 1.42 bits per heavy atom. The highest BCUT2D eigenvalue weighted by molar-refractivity contribution is 6.03. The number of amides is 1. The van der Waals surface area contributed by atoms with Crippen LogP contribution in [0.4, 0.5) is 18.9 Å². The molecular weight excluding hydrogens is 325 g/mol. The molecule has 2 N–H and O–H groups in total. The van der Waals surface area contributed by atoms with Gasteiger partial charge in [0.2, 0.25) is 0 Å². The Labute approximate surface area is 135 Å². The van der Waals surface area contributed by atoms with E-state index in [2.05, 4.69) is 20.3 Å². The second-order valence-corrected chi connectivity index (χ2v) is 4.81. The molecule has 0 saturated heterocycles. The van der Waals surface area contributed by atoms with E-state index >= 15 is 0 Å². The van der Waals surface area contributed by atoms with Crippen LogP contribution in [0.5, 0.6) is 5.75 Å². The smallest absolute Gasteiger partial charge is 0.422 e. The molecule has 0 aliphatic carbocycles. The molecule has 0 radical (unpaired) electrons. The van der Waals surface area contributed by atoms with Crippen molar-refractivity contribution in [2.45, 2.75) is 19.5 Å². The summed E-state index contributed by atoms with van der Waals surface area (Å²) in [6.45, 7) is 0.397. The second kappa shape index (κ2) is 7.04. The maximum Gasteiger partial charge on any atom is 0.422 e. The summed E-state index contributed by atoms with van der Waals surface area (Å²) in [5.74, 6) is -0.709. The fraction of sp³-hybridized carbons (Fsp3) is 0.267. The summed E-state index contributed by atoms with van der Waals surface area (Å²) in [5, 5.41) is 18.1. The fourth-order valence-electron chi connectivity index (χ4n) is 1.83. The summed E-state index contributed by atoms with van der Waals surface area (Å²) in [4.78, 5) is 12.0. The number of benzene rings is 1. The van der Waals surface area contributed by atoms with E-state index in [9.17, 15) is 18.0 Å². The topological polar surface area (TPSA) is 90.8 Å². The normalized spacial score (nSPS) is 11.0. The molecule has 126 valence electrons. The van der Waals surface area contributed by atoms with E-state index in [0.717, 1.165) is 5.69 Å². The Hall–Kier alpha value is -3.02. The van der Waals surface area contributed by atoms with E-state index in [4.69, 9.17) is 5.26 Å². The summed E-state index contributed by atoms with van der Waals surface area (Å²) >= 11 is 0. The third-order valence-electron chi connectivity index (χ3n) is 2.99. The Morgan fingerprint density at radius 2 is 2.17 bits per heavy atom. The Bertz CT molecular complexity index is 778. The minimum Gasteiger partial charge on any atom is -0.483 e. The molecule has 0 fully saturated rings. The Morgan fingerprint density at radius 3 is 2.75 bits per heavy atom. The van der Waals surface area contributed by atoms with Gasteiger partial charge in [0.25, 0.3) is 5.91 Å². The number of rotatable bonds is 5. The van der Waals surface area contributed by atoms with E-state index < -0.39 is 18.7 Å². The van der Waals surface area contributed by atoms with Crippen molar-refractivity contribution in [3.8, 4) is 11.8 Å². The van der Waals surface area contributed by atoms with Crippen molar-refractivity contribution in [2.24, 2.45) is 0 Å². The predicted molar refractivity (Wildman–Crippen MR) is 78.6 cm³/mol. The first kappa shape index (κ1) is 17.3. The van der Waals surface area contributed by atoms with Crippen LogP contribution in [-0.4, -0.2) is 28.9 Å². The molecule has 0 saturated carbocycles. The fourth-order valence-corrected chi connectivity index (χ4v) is 1.83. The zero-order chi connectivity index (χ0) is 17.7. The van der Waals surface area contributed by atoms with Crippen LogP contribution >= 0.6 is 0 Å². The average molecular weight is 338 g/mol. The highest BCUT2D eigenvalue weighted by Crippen LogP contribution is 2.25. The number of hydrogen-bond donors (Lipinski definition) is 2. The van der Waals surface area contributed by atoms with E-state index in [0.29, 0.717) is 6.42 Å². The van der Waals surface area contributed by atoms with Crippen molar-refractivity contribution in [1.29, 1.82) is 5.26 Å². The quantitative estimate of drug-likeness (QED) is 0.877. The van der Waals surface area contributed by atoms with E-state index in [1.807, 2.05) is 6.92 Å². The number of halogens is 3. The number of carbonyl (C=O) groups is 1. The zero-order valence-corrected chi connectivity index (χ0v) is 12.6. The third-order valence-corrected chi connectivity index (χ3v) is 2.99. The zero-order valence-electron chi connectivity index (χ0n) is 12.6. The lowest BCUT2D eigenvalue weighted by Crippen LogP contribution is -2.19. The summed E-state index contributed by atoms with van der Waals surface area (Å²) in [5.41, 5.74) is 1.09. The van der Waals surface area contributed by atoms with Crippen LogP contribution in [0.25, 0.3) is 0 Å². The van der Waals surface area contributed by atoms with Crippen molar-refractivity contribution < 1.29 is 22.7 Å². The molecule has 2 aromatic rings. The van der Waals surface area contributed by atoms with Gasteiger partial charge in [-0.05, 0) is 30.7 Å². The van der Waals surface area contributed by atoms with E-state index in [1.165, 1.54) is 18.2 Å². The van der Waals surface area contributed by atoms with Gasteiger partial charge >= 0.3 is 6.18 Å². The number of aryl methyl sites for hydroxylation is 1. The van der Waals surface area contributed by atoms with Crippen LogP contribution in [-0.2, 0) is 6.42 Å². The first-order valence-electron chi connectivity index (χ1n) is 6.91. The molecule has 24 heavy (non-hydrogen) atoms. The molecule has 6 nitrogen and oxygen atoms in total. The minimum absolute atomic E-state index is 0.117. The van der Waals surface area contributed by atoms with Crippen LogP contribution < -0.4 is 10.1 Å². The van der Waals surface area contributed by atoms with Crippen LogP contribution in [0, 0.1) is 11.3 Å². The number of ether oxygens (including phenoxy) is 1. The molecule has 1 aromatic heterocycles. The monoisotopic (exact) mass is 338 g/mol. The minimum atomic E-state index is -4.50. The number of nitriles is 1. The molecule has 0 spiro atoms. The largest absolute Gasteiger partial charge is 0.483 e. The van der Waals surface area contributed by atoms with Gasteiger partial charge < -0.3 is 10.1 Å². The number of carbonyl (C=O) groups excluding carboxylic acids is 1. The maximum absolute atomic E-state index is 12.2. The lowest BCUT2D eigenvalue weighted by Gasteiger charge is -2.11. The highest BCUT2D eigenvalue weighted by Gasteiger charge is 2.28. The Kier molecular flexibility index (Phi) is 5.08. The Balaban J connectivity index is 2.11. The number of alkyl halides is 3. The standard InChI is InChI=1S/C15H13F3N4O2/c1-2-10-6-12(22-21-10)14(23)20-11-3-4-13(9(5-11)7-19)24-8-15(16,17)18/h3-6H,2,8H2,1H3,(H,20,23)(H,21,22). The maximum atomic E-state index is 12.2. The van der Waals surface area contributed by atoms with Crippen LogP contribution in [0.1, 0.15) is 28.7 Å². The number of nitrogens with one attached hydrogen (secondary N) is 2. The van der Waals surface area contributed by atoms with Crippen molar-refractivity contribution in [3.05, 3.63) is 41.2 Å². The molecular formula is C15H13F3N4O2. The summed E-state index contributed by atoms with van der Waals surface area (Å²) in [7, 11) is 0. The van der Waals surface area contributed by atoms with Crippen LogP contribution in [0.3, 0.4) is 0 Å². The van der Waals surface area contributed by atoms with Gasteiger partial charge in [-0.3, -0.25) is 9.89 Å². The number of aromatic amines is 1. The number of anilines is 1. The summed E-state index contributed by atoms with van der Waals surface area (Å²) in [6, 6.07) is 7.09. The lowest BCUT2D eigenvalue weighted by atomic mass is 10.2. The van der Waals surface area contributed by atoms with Crippen molar-refractivity contribution in [3.63, 3.8) is 0 Å². The highest BCUT2D eigenvalue weighted by atomic mass is 19.4. The van der Waals surface area contributed by atoms with Gasteiger partial charge in [0, 0.05) is 11.4 Å². The van der Waals surface area contributed by atoms with Gasteiger partial charge in [-0.1, -0.05) is 6.92 Å². The van der Waals surface area contributed by atoms with E-state index in [-0.39, 0.29) is 22.7 Å². The number of nitrogens with zero attached hydrogens (tertiary/aromatic N) is 2. The van der Waals surface area contributed by atoms with Gasteiger partial charge in [0.15, 0.2) is 12.3 Å². The first-order valence-corrected chi connectivity index (χ1v) is 6.91. The van der Waals surface area contributed by atoms with Gasteiger partial charge in [0.05, 0.1) is 5.56 Å². The molecule has 2 rings (SSSR count). The third kappa shape index (κ3) is 4.49. The number of aromatic nitrogens is 2. The molecule has 1 aromatic carbocycles. The van der Waals surface area contributed by atoms with E-state index in [1.54, 1.807) is 12.1 Å². The molecule has 1 heterocycles. The molecule has 0 unspecified atom stereocenters. The lowest BCUT2D eigenvalue weighted by molar-refractivity contribution is -0.153. The summed E-state index contributed by atoms with van der Waals surface area (Å²) in [6.07, 6.45) is -3.82. The van der Waals surface area contributed by atoms with Crippen LogP contribution in [0.2, 0.25) is 0 Å². The molecule has 1 amide bonds. The van der Waals surface area contributed by atoms with Crippen molar-refractivity contribution >= 4 is 11.6 Å². The molecule has 9 heteroatoms. The van der Waals surface area contributed by atoms with Gasteiger partial charge in [-0.15, -0.1) is 0 Å². The molecule has 0 aliphatic heterocycles. The number of H-pyrrole nitrogens is 1. The second-order valence-electron chi connectivity index (χ2n) is 4.81. The first-order chi connectivity index (χ1) is 11.3. The summed E-state index contributed by atoms with van der Waals surface area (Å²) < 4.78 is 41.1. The number of hydrogen-bond acceptors (Lipinski definition) is 4. The van der Waals surface area contributed by atoms with Gasteiger partial charge in [-0.2, -0.15) is 23.5 Å². The predicted octanol–water partition coefficient (Wildman–Crippen LogP) is 3.04.